The lowest BCUT2D eigenvalue weighted by Gasteiger charge is -2.21. The molecule has 2 N–H and O–H groups in total. The van der Waals surface area contributed by atoms with Crippen molar-refractivity contribution < 1.29 is 24.3 Å². The van der Waals surface area contributed by atoms with Gasteiger partial charge in [0.15, 0.2) is 0 Å². The predicted molar refractivity (Wildman–Crippen MR) is 76.1 cm³/mol. The zero-order valence-electron chi connectivity index (χ0n) is 11.5. The van der Waals surface area contributed by atoms with Crippen molar-refractivity contribution in [1.29, 1.82) is 0 Å². The van der Waals surface area contributed by atoms with Crippen molar-refractivity contribution in [2.75, 3.05) is 33.0 Å². The summed E-state index contributed by atoms with van der Waals surface area (Å²) in [6.45, 7) is 3.40. The number of hydrogen-bond donors (Lipinski definition) is 2. The first-order chi connectivity index (χ1) is 9.75. The SMILES string of the molecule is OB(O)c1cccc(OCCOCC2CCOCC2)c1. The molecule has 1 aliphatic rings. The molecule has 0 radical (unpaired) electrons. The van der Waals surface area contributed by atoms with Crippen molar-refractivity contribution in [3.63, 3.8) is 0 Å². The molecule has 0 bridgehead atoms. The molecule has 5 nitrogen and oxygen atoms in total. The summed E-state index contributed by atoms with van der Waals surface area (Å²) < 4.78 is 16.4. The van der Waals surface area contributed by atoms with Crippen LogP contribution in [0.4, 0.5) is 0 Å². The van der Waals surface area contributed by atoms with E-state index in [0.717, 1.165) is 32.7 Å². The van der Waals surface area contributed by atoms with Crippen molar-refractivity contribution in [3.8, 4) is 5.75 Å². The molecule has 0 aliphatic carbocycles. The highest BCUT2D eigenvalue weighted by molar-refractivity contribution is 6.58. The lowest BCUT2D eigenvalue weighted by molar-refractivity contribution is 0.0139. The topological polar surface area (TPSA) is 68.2 Å². The molecule has 0 amide bonds. The molecule has 0 saturated carbocycles. The molecule has 1 saturated heterocycles. The first-order valence-electron chi connectivity index (χ1n) is 7.00. The first kappa shape index (κ1) is 15.3. The fraction of sp³-hybridized carbons (Fsp3) is 0.571. The van der Waals surface area contributed by atoms with Crippen LogP contribution in [0.5, 0.6) is 5.75 Å². The Labute approximate surface area is 119 Å². The molecule has 1 aliphatic heterocycles. The Balaban J connectivity index is 1.61. The van der Waals surface area contributed by atoms with Crippen molar-refractivity contribution in [2.45, 2.75) is 12.8 Å². The van der Waals surface area contributed by atoms with E-state index in [4.69, 9.17) is 24.3 Å². The van der Waals surface area contributed by atoms with Gasteiger partial charge in [0.25, 0.3) is 0 Å². The summed E-state index contributed by atoms with van der Waals surface area (Å²) in [6.07, 6.45) is 2.13. The molecular formula is C14H21BO5. The second kappa shape index (κ2) is 8.27. The Bertz CT molecular complexity index is 393. The smallest absolute Gasteiger partial charge is 0.488 e. The van der Waals surface area contributed by atoms with Gasteiger partial charge in [-0.3, -0.25) is 0 Å². The zero-order valence-corrected chi connectivity index (χ0v) is 11.5. The minimum Gasteiger partial charge on any atom is -0.491 e. The largest absolute Gasteiger partial charge is 0.491 e. The van der Waals surface area contributed by atoms with Gasteiger partial charge in [0.05, 0.1) is 6.61 Å². The molecule has 110 valence electrons. The molecule has 0 spiro atoms. The second-order valence-electron chi connectivity index (χ2n) is 4.93. The molecule has 0 atom stereocenters. The molecule has 6 heteroatoms. The van der Waals surface area contributed by atoms with E-state index in [0.29, 0.717) is 30.3 Å². The van der Waals surface area contributed by atoms with Crippen molar-refractivity contribution >= 4 is 12.6 Å². The van der Waals surface area contributed by atoms with Crippen molar-refractivity contribution in [2.24, 2.45) is 5.92 Å². The minimum absolute atomic E-state index is 0.422. The highest BCUT2D eigenvalue weighted by Crippen LogP contribution is 2.14. The summed E-state index contributed by atoms with van der Waals surface area (Å²) in [6, 6.07) is 6.76. The van der Waals surface area contributed by atoms with Gasteiger partial charge in [-0.05, 0) is 36.4 Å². The van der Waals surface area contributed by atoms with Crippen LogP contribution < -0.4 is 10.2 Å². The monoisotopic (exact) mass is 280 g/mol. The van der Waals surface area contributed by atoms with E-state index in [1.165, 1.54) is 0 Å². The molecule has 2 rings (SSSR count). The van der Waals surface area contributed by atoms with Gasteiger partial charge < -0.3 is 24.3 Å². The van der Waals surface area contributed by atoms with Gasteiger partial charge in [-0.15, -0.1) is 0 Å². The first-order valence-corrected chi connectivity index (χ1v) is 7.00. The van der Waals surface area contributed by atoms with Crippen LogP contribution >= 0.6 is 0 Å². The molecule has 1 aromatic carbocycles. The van der Waals surface area contributed by atoms with Crippen LogP contribution in [0.1, 0.15) is 12.8 Å². The van der Waals surface area contributed by atoms with E-state index in [-0.39, 0.29) is 0 Å². The summed E-state index contributed by atoms with van der Waals surface area (Å²) in [7, 11) is -1.47. The fourth-order valence-electron chi connectivity index (χ4n) is 2.15. The molecule has 1 heterocycles. The Kier molecular flexibility index (Phi) is 6.33. The lowest BCUT2D eigenvalue weighted by Crippen LogP contribution is -2.29. The summed E-state index contributed by atoms with van der Waals surface area (Å²) in [5.41, 5.74) is 0.422. The van der Waals surface area contributed by atoms with E-state index in [2.05, 4.69) is 0 Å². The third kappa shape index (κ3) is 5.13. The number of hydrogen-bond acceptors (Lipinski definition) is 5. The maximum atomic E-state index is 9.07. The van der Waals surface area contributed by atoms with Crippen LogP contribution in [-0.2, 0) is 9.47 Å². The van der Waals surface area contributed by atoms with E-state index >= 15 is 0 Å². The van der Waals surface area contributed by atoms with Gasteiger partial charge in [-0.1, -0.05) is 12.1 Å². The summed E-state index contributed by atoms with van der Waals surface area (Å²) >= 11 is 0. The highest BCUT2D eigenvalue weighted by atomic mass is 16.5. The van der Waals surface area contributed by atoms with Gasteiger partial charge in [-0.25, -0.2) is 0 Å². The second-order valence-corrected chi connectivity index (χ2v) is 4.93. The average Bonchev–Trinajstić information content (AvgIpc) is 2.48. The lowest BCUT2D eigenvalue weighted by atomic mass is 9.80. The van der Waals surface area contributed by atoms with Crippen molar-refractivity contribution in [1.82, 2.24) is 0 Å². The van der Waals surface area contributed by atoms with Crippen molar-refractivity contribution in [3.05, 3.63) is 24.3 Å². The third-order valence-corrected chi connectivity index (χ3v) is 3.35. The molecule has 1 fully saturated rings. The Hall–Kier alpha value is -1.08. The minimum atomic E-state index is -1.47. The fourth-order valence-corrected chi connectivity index (χ4v) is 2.15. The van der Waals surface area contributed by atoms with Crippen LogP contribution in [0.15, 0.2) is 24.3 Å². The van der Waals surface area contributed by atoms with Crippen LogP contribution in [-0.4, -0.2) is 50.2 Å². The third-order valence-electron chi connectivity index (χ3n) is 3.35. The Morgan fingerprint density at radius 1 is 1.20 bits per heavy atom. The van der Waals surface area contributed by atoms with E-state index < -0.39 is 7.12 Å². The number of rotatable bonds is 7. The van der Waals surface area contributed by atoms with Crippen LogP contribution in [0, 0.1) is 5.92 Å². The highest BCUT2D eigenvalue weighted by Gasteiger charge is 2.13. The van der Waals surface area contributed by atoms with Crippen LogP contribution in [0.3, 0.4) is 0 Å². The van der Waals surface area contributed by atoms with Crippen LogP contribution in [0.25, 0.3) is 0 Å². The molecular weight excluding hydrogens is 259 g/mol. The Morgan fingerprint density at radius 3 is 2.75 bits per heavy atom. The predicted octanol–water partition coefficient (Wildman–Crippen LogP) is 0.188. The summed E-state index contributed by atoms with van der Waals surface area (Å²) in [5.74, 6) is 1.21. The van der Waals surface area contributed by atoms with Gasteiger partial charge >= 0.3 is 7.12 Å². The molecule has 0 unspecified atom stereocenters. The van der Waals surface area contributed by atoms with Gasteiger partial charge in [0, 0.05) is 19.8 Å². The average molecular weight is 280 g/mol. The Morgan fingerprint density at radius 2 is 2.00 bits per heavy atom. The molecule has 20 heavy (non-hydrogen) atoms. The summed E-state index contributed by atoms with van der Waals surface area (Å²) in [5, 5.41) is 18.1. The van der Waals surface area contributed by atoms with Gasteiger partial charge in [0.2, 0.25) is 0 Å². The molecule has 1 aromatic rings. The van der Waals surface area contributed by atoms with E-state index in [1.807, 2.05) is 0 Å². The standard InChI is InChI=1S/C14H21BO5/c16-15(17)13-2-1-3-14(10-13)20-9-8-19-11-12-4-6-18-7-5-12/h1-3,10,12,16-17H,4-9,11H2. The van der Waals surface area contributed by atoms with Gasteiger partial charge in [-0.2, -0.15) is 0 Å². The van der Waals surface area contributed by atoms with E-state index in [9.17, 15) is 0 Å². The normalized spacial score (nSPS) is 16.1. The van der Waals surface area contributed by atoms with E-state index in [1.54, 1.807) is 24.3 Å². The summed E-state index contributed by atoms with van der Waals surface area (Å²) in [4.78, 5) is 0. The maximum absolute atomic E-state index is 9.07. The number of ether oxygens (including phenoxy) is 3. The quantitative estimate of drug-likeness (QED) is 0.551. The van der Waals surface area contributed by atoms with Gasteiger partial charge in [0.1, 0.15) is 12.4 Å². The number of benzene rings is 1. The maximum Gasteiger partial charge on any atom is 0.488 e. The molecule has 0 aromatic heterocycles. The zero-order chi connectivity index (χ0) is 14.2. The van der Waals surface area contributed by atoms with Crippen LogP contribution in [0.2, 0.25) is 0 Å².